The SMILES string of the molecule is C1CNCCN1.C[N+](C)(C)CCO.NCC(=O)O.NCCN.OCCN(CCO)CCO.OCCNCCO.c1c[nH]cn1.c1ccc(CNCCNCc2ccccc2)cc1. The van der Waals surface area contributed by atoms with Gasteiger partial charge >= 0.3 is 5.97 Å². The molecule has 0 unspecified atom stereocenters. The van der Waals surface area contributed by atoms with Crippen LogP contribution in [-0.4, -0.2) is 220 Å². The topological polar surface area (TPSA) is 329 Å². The number of nitrogens with zero attached hydrogens (tertiary/aromatic N) is 3. The van der Waals surface area contributed by atoms with Gasteiger partial charge in [-0.3, -0.25) is 9.69 Å². The third-order valence-corrected chi connectivity index (χ3v) is 7.12. The number of aromatic amines is 1. The quantitative estimate of drug-likeness (QED) is 0.0366. The Morgan fingerprint density at radius 2 is 1.05 bits per heavy atom. The molecule has 1 fully saturated rings. The Balaban J connectivity index is -0.000000331. The number of aromatic nitrogens is 2. The molecule has 20 nitrogen and oxygen atoms in total. The summed E-state index contributed by atoms with van der Waals surface area (Å²) in [5.41, 5.74) is 17.0. The number of nitrogens with one attached hydrogen (secondary N) is 6. The van der Waals surface area contributed by atoms with Gasteiger partial charge in [-0.15, -0.1) is 0 Å². The molecule has 4 rings (SSSR count). The fourth-order valence-electron chi connectivity index (χ4n) is 4.00. The van der Waals surface area contributed by atoms with E-state index in [4.69, 9.17) is 47.2 Å². The van der Waals surface area contributed by atoms with Gasteiger partial charge in [0, 0.05) is 111 Å². The largest absolute Gasteiger partial charge is 0.480 e. The monoisotopic (exact) mass is 888 g/mol. The van der Waals surface area contributed by atoms with E-state index >= 15 is 0 Å². The number of imidazole rings is 1. The molecule has 3 aromatic rings. The first-order chi connectivity index (χ1) is 30.0. The molecule has 20 heteroatoms. The fourth-order valence-corrected chi connectivity index (χ4v) is 4.00. The van der Waals surface area contributed by atoms with Crippen LogP contribution < -0.4 is 43.8 Å². The minimum absolute atomic E-state index is 0.0694. The minimum Gasteiger partial charge on any atom is -0.480 e. The predicted molar refractivity (Wildman–Crippen MR) is 250 cm³/mol. The third-order valence-electron chi connectivity index (χ3n) is 7.12. The maximum Gasteiger partial charge on any atom is 0.317 e. The molecular formula is C42H87N12O8+. The molecule has 1 saturated heterocycles. The lowest BCUT2D eigenvalue weighted by molar-refractivity contribution is -0.870. The van der Waals surface area contributed by atoms with Crippen molar-refractivity contribution >= 4 is 5.97 Å². The van der Waals surface area contributed by atoms with E-state index in [-0.39, 0.29) is 46.2 Å². The van der Waals surface area contributed by atoms with E-state index in [1.807, 2.05) is 12.1 Å². The zero-order valence-electron chi connectivity index (χ0n) is 37.9. The molecule has 62 heavy (non-hydrogen) atoms. The molecule has 2 aromatic carbocycles. The van der Waals surface area contributed by atoms with Gasteiger partial charge in [0.25, 0.3) is 0 Å². The highest BCUT2D eigenvalue weighted by Crippen LogP contribution is 1.98. The van der Waals surface area contributed by atoms with Gasteiger partial charge in [-0.2, -0.15) is 0 Å². The molecule has 0 radical (unpaired) electrons. The summed E-state index contributed by atoms with van der Waals surface area (Å²) < 4.78 is 0.844. The average molecular weight is 888 g/mol. The Morgan fingerprint density at radius 1 is 0.645 bits per heavy atom. The fraction of sp³-hybridized carbons (Fsp3) is 0.619. The smallest absolute Gasteiger partial charge is 0.317 e. The zero-order valence-corrected chi connectivity index (χ0v) is 37.9. The number of benzene rings is 2. The number of aliphatic hydroxyl groups excluding tert-OH is 6. The van der Waals surface area contributed by atoms with E-state index in [2.05, 4.69) is 112 Å². The van der Waals surface area contributed by atoms with Gasteiger partial charge < -0.3 is 89.0 Å². The van der Waals surface area contributed by atoms with Crippen LogP contribution in [0.1, 0.15) is 11.1 Å². The van der Waals surface area contributed by atoms with Crippen LogP contribution in [0.3, 0.4) is 0 Å². The van der Waals surface area contributed by atoms with E-state index in [1.165, 1.54) is 11.1 Å². The Morgan fingerprint density at radius 3 is 1.26 bits per heavy atom. The molecular weight excluding hydrogens is 801 g/mol. The summed E-state index contributed by atoms with van der Waals surface area (Å²) in [7, 11) is 6.16. The van der Waals surface area contributed by atoms with E-state index in [9.17, 15) is 4.79 Å². The van der Waals surface area contributed by atoms with Gasteiger partial charge in [-0.05, 0) is 11.1 Å². The molecule has 0 atom stereocenters. The number of carbonyl (C=O) groups is 1. The number of hydrogen-bond acceptors (Lipinski definition) is 17. The van der Waals surface area contributed by atoms with Gasteiger partial charge in [0.15, 0.2) is 0 Å². The number of likely N-dealkylation sites (N-methyl/N-ethyl adjacent to an activating group) is 1. The van der Waals surface area contributed by atoms with Crippen molar-refractivity contribution < 1.29 is 45.0 Å². The number of quaternary nitrogens is 1. The first-order valence-corrected chi connectivity index (χ1v) is 21.0. The van der Waals surface area contributed by atoms with Gasteiger partial charge in [0.1, 0.15) is 6.54 Å². The minimum atomic E-state index is -0.968. The number of carboxylic acid groups (broad SMARTS) is 1. The van der Waals surface area contributed by atoms with Crippen molar-refractivity contribution in [3.05, 3.63) is 90.5 Å². The summed E-state index contributed by atoms with van der Waals surface area (Å²) in [4.78, 5) is 17.5. The van der Waals surface area contributed by atoms with Crippen molar-refractivity contribution in [1.82, 2.24) is 41.5 Å². The van der Waals surface area contributed by atoms with Gasteiger partial charge in [-0.25, -0.2) is 4.98 Å². The van der Waals surface area contributed by atoms with Crippen LogP contribution in [0.4, 0.5) is 0 Å². The second-order valence-electron chi connectivity index (χ2n) is 13.7. The van der Waals surface area contributed by atoms with Crippen LogP contribution in [-0.2, 0) is 17.9 Å². The summed E-state index contributed by atoms with van der Waals surface area (Å²) in [6.07, 6.45) is 5.08. The average Bonchev–Trinajstić information content (AvgIpc) is 3.89. The Kier molecular flexibility index (Phi) is 58.3. The van der Waals surface area contributed by atoms with Crippen LogP contribution in [0.15, 0.2) is 79.4 Å². The number of rotatable bonds is 21. The standard InChI is InChI=1S/C16H20N2.C6H15NO3.C5H14NO.C4H10N2.C4H11NO2.C3H4N2.C2H8N2.C2H5NO2/c1-3-7-15(8-4-1)13-17-11-12-18-14-16-9-5-2-6-10-16;8-4-1-7(2-5-9)3-6-10;1-6(2,3)4-5-7;1-2-6-4-3-5-1;6-3-1-5-2-4-7;1-2-5-3-4-1;3-1-2-4;3-1-2(4)5/h1-10,17-18H,11-14H2;8-10H,1-6H2;7H,4-5H2,1-3H3;5-6H,1-4H2;5-7H,1-4H2;1-3H,(H,4,5);1-4H2;1,3H2,(H,4,5)/q;;+1;;;;;. The first kappa shape index (κ1) is 65.1. The molecule has 0 amide bonds. The van der Waals surface area contributed by atoms with Crippen molar-refractivity contribution in [3.8, 4) is 0 Å². The summed E-state index contributed by atoms with van der Waals surface area (Å²) >= 11 is 0. The Labute approximate surface area is 371 Å². The molecule has 0 bridgehead atoms. The zero-order chi connectivity index (χ0) is 47.2. The van der Waals surface area contributed by atoms with E-state index in [0.29, 0.717) is 45.8 Å². The van der Waals surface area contributed by atoms with Crippen molar-refractivity contribution in [2.75, 3.05) is 159 Å². The molecule has 1 aliphatic heterocycles. The summed E-state index contributed by atoms with van der Waals surface area (Å²) in [6.45, 7) is 13.6. The lowest BCUT2D eigenvalue weighted by Crippen LogP contribution is -2.39. The Hall–Kier alpha value is -3.52. The summed E-state index contributed by atoms with van der Waals surface area (Å²) in [5, 5.41) is 73.8. The first-order valence-electron chi connectivity index (χ1n) is 21.0. The number of aliphatic carboxylic acids is 1. The molecule has 0 aliphatic carbocycles. The predicted octanol–water partition coefficient (Wildman–Crippen LogP) is -3.40. The second-order valence-corrected chi connectivity index (χ2v) is 13.7. The lowest BCUT2D eigenvalue weighted by atomic mass is 10.2. The van der Waals surface area contributed by atoms with Gasteiger partial charge in [0.2, 0.25) is 0 Å². The van der Waals surface area contributed by atoms with E-state index in [0.717, 1.165) is 63.4 Å². The summed E-state index contributed by atoms with van der Waals surface area (Å²) in [6, 6.07) is 21.0. The highest BCUT2D eigenvalue weighted by molar-refractivity contribution is 5.68. The van der Waals surface area contributed by atoms with Gasteiger partial charge in [0.05, 0.1) is 73.7 Å². The van der Waals surface area contributed by atoms with Crippen molar-refractivity contribution in [1.29, 1.82) is 0 Å². The van der Waals surface area contributed by atoms with Crippen molar-refractivity contribution in [2.45, 2.75) is 13.1 Å². The summed E-state index contributed by atoms with van der Waals surface area (Å²) in [5.74, 6) is -0.968. The number of aliphatic hydroxyl groups is 6. The van der Waals surface area contributed by atoms with Crippen LogP contribution in [0.5, 0.6) is 0 Å². The number of carboxylic acids is 1. The number of piperazine rings is 1. The maximum absolute atomic E-state index is 9.24. The highest BCUT2D eigenvalue weighted by atomic mass is 16.4. The highest BCUT2D eigenvalue weighted by Gasteiger charge is 2.02. The van der Waals surface area contributed by atoms with Crippen LogP contribution in [0.2, 0.25) is 0 Å². The molecule has 2 heterocycles. The number of nitrogens with two attached hydrogens (primary N) is 3. The molecule has 19 N–H and O–H groups in total. The second kappa shape index (κ2) is 55.5. The lowest BCUT2D eigenvalue weighted by Gasteiger charge is -2.21. The molecule has 1 aromatic heterocycles. The third kappa shape index (κ3) is 63.1. The molecule has 0 saturated carbocycles. The van der Waals surface area contributed by atoms with E-state index in [1.54, 1.807) is 23.6 Å². The maximum atomic E-state index is 9.24. The van der Waals surface area contributed by atoms with Crippen LogP contribution in [0, 0.1) is 0 Å². The number of H-pyrrole nitrogens is 1. The van der Waals surface area contributed by atoms with Crippen molar-refractivity contribution in [2.24, 2.45) is 17.2 Å². The molecule has 0 spiro atoms. The van der Waals surface area contributed by atoms with E-state index < -0.39 is 5.97 Å². The number of hydrogen-bond donors (Lipinski definition) is 16. The van der Waals surface area contributed by atoms with Crippen LogP contribution >= 0.6 is 0 Å². The Bertz CT molecular complexity index is 1110. The van der Waals surface area contributed by atoms with Crippen molar-refractivity contribution in [3.63, 3.8) is 0 Å². The van der Waals surface area contributed by atoms with Gasteiger partial charge in [-0.1, -0.05) is 60.7 Å². The van der Waals surface area contributed by atoms with Crippen LogP contribution in [0.25, 0.3) is 0 Å². The molecule has 362 valence electrons. The normalized spacial score (nSPS) is 11.2. The molecule has 1 aliphatic rings.